The van der Waals surface area contributed by atoms with Crippen molar-refractivity contribution in [1.29, 1.82) is 5.53 Å². The molecule has 2 saturated heterocycles. The third-order valence-electron chi connectivity index (χ3n) is 6.65. The van der Waals surface area contributed by atoms with Gasteiger partial charge in [0.1, 0.15) is 11.5 Å². The average molecular weight is 461 g/mol. The van der Waals surface area contributed by atoms with Crippen molar-refractivity contribution in [2.75, 3.05) is 38.5 Å². The van der Waals surface area contributed by atoms with Crippen molar-refractivity contribution in [3.63, 3.8) is 0 Å². The standard InChI is InChI=1S/C25H25FN6O2/c1-31-13-25(14-31)8-9-32(15-25)24(34)16-2-5-19(6-3-16)28-12-22(30-27)20-11-17-10-18(26)4-7-21(17)29-23(20)33/h2-7,10-12,27-28H,8-9,13-15H2,1H3,(H,29,33)/b22-12-,30-27?. The number of amides is 1. The van der Waals surface area contributed by atoms with Gasteiger partial charge in [0.25, 0.3) is 11.5 Å². The molecule has 1 spiro atoms. The molecule has 2 aromatic carbocycles. The van der Waals surface area contributed by atoms with Gasteiger partial charge in [0.15, 0.2) is 0 Å². The van der Waals surface area contributed by atoms with Crippen molar-refractivity contribution in [2.24, 2.45) is 10.5 Å². The van der Waals surface area contributed by atoms with Crippen LogP contribution in [0.4, 0.5) is 10.1 Å². The van der Waals surface area contributed by atoms with E-state index < -0.39 is 11.4 Å². The smallest absolute Gasteiger partial charge is 0.258 e. The summed E-state index contributed by atoms with van der Waals surface area (Å²) >= 11 is 0. The van der Waals surface area contributed by atoms with E-state index in [9.17, 15) is 14.0 Å². The Balaban J connectivity index is 1.30. The molecule has 3 N–H and O–H groups in total. The molecule has 0 aliphatic carbocycles. The maximum atomic E-state index is 13.6. The van der Waals surface area contributed by atoms with Gasteiger partial charge in [0.05, 0.1) is 5.56 Å². The Hall–Kier alpha value is -3.85. The normalized spacial score (nSPS) is 17.7. The molecule has 2 aliphatic rings. The molecular formula is C25H25FN6O2. The van der Waals surface area contributed by atoms with E-state index in [0.29, 0.717) is 22.2 Å². The van der Waals surface area contributed by atoms with Gasteiger partial charge >= 0.3 is 0 Å². The van der Waals surface area contributed by atoms with E-state index in [1.165, 1.54) is 30.5 Å². The molecule has 9 heteroatoms. The number of aromatic nitrogens is 1. The number of H-pyrrole nitrogens is 1. The molecule has 3 aromatic rings. The maximum absolute atomic E-state index is 13.6. The fourth-order valence-corrected chi connectivity index (χ4v) is 5.05. The predicted octanol–water partition coefficient (Wildman–Crippen LogP) is 3.89. The van der Waals surface area contributed by atoms with E-state index in [2.05, 4.69) is 27.4 Å². The maximum Gasteiger partial charge on any atom is 0.258 e. The second kappa shape index (κ2) is 8.49. The van der Waals surface area contributed by atoms with Crippen LogP contribution in [0.1, 0.15) is 22.3 Å². The van der Waals surface area contributed by atoms with Gasteiger partial charge in [-0.15, -0.1) is 0 Å². The van der Waals surface area contributed by atoms with E-state index in [1.54, 1.807) is 24.3 Å². The summed E-state index contributed by atoms with van der Waals surface area (Å²) in [5.41, 5.74) is 9.39. The number of pyridine rings is 1. The minimum atomic E-state index is -0.426. The number of hydrogen-bond donors (Lipinski definition) is 3. The Kier molecular flexibility index (Phi) is 5.49. The van der Waals surface area contributed by atoms with E-state index in [1.807, 2.05) is 4.90 Å². The molecule has 2 aliphatic heterocycles. The summed E-state index contributed by atoms with van der Waals surface area (Å²) < 4.78 is 13.6. The Bertz CT molecular complexity index is 1360. The molecule has 0 unspecified atom stereocenters. The van der Waals surface area contributed by atoms with Gasteiger partial charge in [-0.2, -0.15) is 5.11 Å². The predicted molar refractivity (Wildman–Crippen MR) is 128 cm³/mol. The van der Waals surface area contributed by atoms with Gasteiger partial charge in [0.2, 0.25) is 0 Å². The van der Waals surface area contributed by atoms with Crippen molar-refractivity contribution < 1.29 is 9.18 Å². The molecule has 0 atom stereocenters. The number of carbonyl (C=O) groups is 1. The SMILES string of the molecule is CN1CC2(CCN(C(=O)c3ccc(N/C=C(\N=N)c4cc5cc(F)ccc5[nH]c4=O)cc3)C2)C1. The van der Waals surface area contributed by atoms with Gasteiger partial charge in [-0.25, -0.2) is 9.92 Å². The lowest BCUT2D eigenvalue weighted by atomic mass is 9.79. The minimum Gasteiger partial charge on any atom is -0.360 e. The van der Waals surface area contributed by atoms with Gasteiger partial charge in [-0.1, -0.05) is 0 Å². The van der Waals surface area contributed by atoms with Crippen molar-refractivity contribution in [1.82, 2.24) is 14.8 Å². The molecule has 0 bridgehead atoms. The first-order valence-electron chi connectivity index (χ1n) is 11.1. The van der Waals surface area contributed by atoms with Crippen LogP contribution >= 0.6 is 0 Å². The molecular weight excluding hydrogens is 435 g/mol. The molecule has 5 rings (SSSR count). The highest BCUT2D eigenvalue weighted by Gasteiger charge is 2.47. The van der Waals surface area contributed by atoms with E-state index >= 15 is 0 Å². The van der Waals surface area contributed by atoms with Crippen molar-refractivity contribution in [3.8, 4) is 0 Å². The van der Waals surface area contributed by atoms with Crippen LogP contribution in [0.3, 0.4) is 0 Å². The van der Waals surface area contributed by atoms with Gasteiger partial charge < -0.3 is 20.1 Å². The number of anilines is 1. The van der Waals surface area contributed by atoms with Crippen LogP contribution in [0.25, 0.3) is 16.6 Å². The summed E-state index contributed by atoms with van der Waals surface area (Å²) in [4.78, 5) is 32.3. The summed E-state index contributed by atoms with van der Waals surface area (Å²) in [6, 6.07) is 12.7. The van der Waals surface area contributed by atoms with Crippen molar-refractivity contribution >= 4 is 28.2 Å². The molecule has 1 amide bonds. The number of hydrogen-bond acceptors (Lipinski definition) is 6. The zero-order valence-corrected chi connectivity index (χ0v) is 18.8. The van der Waals surface area contributed by atoms with Crippen LogP contribution in [0.15, 0.2) is 64.6 Å². The molecule has 8 nitrogen and oxygen atoms in total. The van der Waals surface area contributed by atoms with E-state index in [-0.39, 0.29) is 22.6 Å². The Morgan fingerprint density at radius 1 is 1.18 bits per heavy atom. The third-order valence-corrected chi connectivity index (χ3v) is 6.65. The van der Waals surface area contributed by atoms with Crippen LogP contribution in [0.2, 0.25) is 0 Å². The van der Waals surface area contributed by atoms with Gasteiger partial charge in [-0.05, 0) is 62.0 Å². The number of rotatable bonds is 5. The first-order valence-corrected chi connectivity index (χ1v) is 11.1. The average Bonchev–Trinajstić information content (AvgIpc) is 3.25. The zero-order chi connectivity index (χ0) is 23.9. The molecule has 2 fully saturated rings. The van der Waals surface area contributed by atoms with E-state index in [4.69, 9.17) is 5.53 Å². The number of nitrogens with one attached hydrogen (secondary N) is 3. The first-order chi connectivity index (χ1) is 16.4. The molecule has 34 heavy (non-hydrogen) atoms. The van der Waals surface area contributed by atoms with E-state index in [0.717, 1.165) is 32.6 Å². The van der Waals surface area contributed by atoms with Crippen LogP contribution in [-0.4, -0.2) is 53.9 Å². The fourth-order valence-electron chi connectivity index (χ4n) is 5.05. The molecule has 0 radical (unpaired) electrons. The lowest BCUT2D eigenvalue weighted by Gasteiger charge is -2.46. The number of nitrogens with zero attached hydrogens (tertiary/aromatic N) is 3. The van der Waals surface area contributed by atoms with Crippen LogP contribution in [0, 0.1) is 16.8 Å². The number of benzene rings is 2. The molecule has 174 valence electrons. The molecule has 0 saturated carbocycles. The van der Waals surface area contributed by atoms with Crippen LogP contribution in [0.5, 0.6) is 0 Å². The van der Waals surface area contributed by atoms with Gasteiger partial charge in [-0.3, -0.25) is 9.59 Å². The lowest BCUT2D eigenvalue weighted by Crippen LogP contribution is -2.55. The first kappa shape index (κ1) is 22.0. The van der Waals surface area contributed by atoms with Gasteiger partial charge in [0, 0.05) is 59.9 Å². The highest BCUT2D eigenvalue weighted by molar-refractivity contribution is 5.95. The second-order valence-electron chi connectivity index (χ2n) is 9.26. The quantitative estimate of drug-likeness (QED) is 0.503. The topological polar surface area (TPSA) is 105 Å². The summed E-state index contributed by atoms with van der Waals surface area (Å²) in [7, 11) is 2.10. The minimum absolute atomic E-state index is 0.0327. The Labute approximate surface area is 195 Å². The van der Waals surface area contributed by atoms with Crippen molar-refractivity contribution in [3.05, 3.63) is 82.0 Å². The summed E-state index contributed by atoms with van der Waals surface area (Å²) in [6.45, 7) is 3.68. The summed E-state index contributed by atoms with van der Waals surface area (Å²) in [5, 5.41) is 6.99. The highest BCUT2D eigenvalue weighted by Crippen LogP contribution is 2.39. The fraction of sp³-hybridized carbons (Fsp3) is 0.280. The molecule has 3 heterocycles. The largest absolute Gasteiger partial charge is 0.360 e. The second-order valence-corrected chi connectivity index (χ2v) is 9.26. The number of fused-ring (bicyclic) bond motifs is 1. The lowest BCUT2D eigenvalue weighted by molar-refractivity contribution is 0.0294. The summed E-state index contributed by atoms with van der Waals surface area (Å²) in [5.74, 6) is -0.388. The zero-order valence-electron chi connectivity index (χ0n) is 18.8. The van der Waals surface area contributed by atoms with Crippen LogP contribution < -0.4 is 10.9 Å². The molecule has 1 aromatic heterocycles. The van der Waals surface area contributed by atoms with Crippen LogP contribution in [-0.2, 0) is 0 Å². The number of carbonyl (C=O) groups excluding carboxylic acids is 1. The Morgan fingerprint density at radius 2 is 1.94 bits per heavy atom. The monoisotopic (exact) mass is 460 g/mol. The van der Waals surface area contributed by atoms with Crippen molar-refractivity contribution in [2.45, 2.75) is 6.42 Å². The highest BCUT2D eigenvalue weighted by atomic mass is 19.1. The Morgan fingerprint density at radius 3 is 2.65 bits per heavy atom. The number of halogens is 1. The summed E-state index contributed by atoms with van der Waals surface area (Å²) in [6.07, 6.45) is 2.49. The number of likely N-dealkylation sites (tertiary alicyclic amines) is 2. The number of aromatic amines is 1. The third kappa shape index (κ3) is 4.10.